The molecule has 0 fully saturated rings. The second-order valence-electron chi connectivity index (χ2n) is 7.88. The summed E-state index contributed by atoms with van der Waals surface area (Å²) in [6.45, 7) is 2.41. The van der Waals surface area contributed by atoms with Gasteiger partial charge in [-0.15, -0.1) is 0 Å². The predicted molar refractivity (Wildman–Crippen MR) is 122 cm³/mol. The second-order valence-corrected chi connectivity index (χ2v) is 7.88. The number of nitrogens with one attached hydrogen (secondary N) is 2. The molecule has 2 aliphatic rings. The maximum absolute atomic E-state index is 14.7. The highest BCUT2D eigenvalue weighted by molar-refractivity contribution is 6.21. The van der Waals surface area contributed by atoms with Crippen molar-refractivity contribution in [2.75, 3.05) is 16.8 Å². The van der Waals surface area contributed by atoms with Crippen LogP contribution >= 0.6 is 0 Å². The van der Waals surface area contributed by atoms with Crippen molar-refractivity contribution in [3.63, 3.8) is 0 Å². The quantitative estimate of drug-likeness (QED) is 0.661. The van der Waals surface area contributed by atoms with Crippen LogP contribution in [0.3, 0.4) is 0 Å². The Labute approximate surface area is 184 Å². The lowest BCUT2D eigenvalue weighted by atomic mass is 9.98. The molecule has 0 aromatic heterocycles. The summed E-state index contributed by atoms with van der Waals surface area (Å²) in [5.74, 6) is -0.785. The van der Waals surface area contributed by atoms with Gasteiger partial charge in [-0.05, 0) is 48.7 Å². The van der Waals surface area contributed by atoms with Gasteiger partial charge in [0.05, 0.1) is 11.4 Å². The van der Waals surface area contributed by atoms with Gasteiger partial charge in [-0.1, -0.05) is 42.5 Å². The first kappa shape index (κ1) is 19.9. The molecule has 3 aromatic carbocycles. The summed E-state index contributed by atoms with van der Waals surface area (Å²) < 4.78 is 14.7. The predicted octanol–water partition coefficient (Wildman–Crippen LogP) is 4.02. The van der Waals surface area contributed by atoms with Gasteiger partial charge in [0.2, 0.25) is 6.17 Å². The summed E-state index contributed by atoms with van der Waals surface area (Å²) in [6.07, 6.45) is -0.491. The largest absolute Gasteiger partial charge is 0.321 e. The summed E-state index contributed by atoms with van der Waals surface area (Å²) in [5.41, 5.74) is 4.66. The lowest BCUT2D eigenvalue weighted by molar-refractivity contribution is -0.120. The zero-order chi connectivity index (χ0) is 22.2. The van der Waals surface area contributed by atoms with Gasteiger partial charge in [0.15, 0.2) is 0 Å². The number of nitrogens with zero attached hydrogens (tertiary/aromatic N) is 2. The van der Waals surface area contributed by atoms with Gasteiger partial charge in [-0.2, -0.15) is 0 Å². The highest BCUT2D eigenvalue weighted by Gasteiger charge is 2.37. The van der Waals surface area contributed by atoms with Crippen LogP contribution < -0.4 is 15.5 Å². The molecule has 1 atom stereocenters. The Morgan fingerprint density at radius 1 is 1.06 bits per heavy atom. The third kappa shape index (κ3) is 3.51. The van der Waals surface area contributed by atoms with E-state index in [0.717, 1.165) is 16.8 Å². The van der Waals surface area contributed by atoms with E-state index in [2.05, 4.69) is 15.6 Å². The Kier molecular flexibility index (Phi) is 4.93. The number of halogens is 1. The van der Waals surface area contributed by atoms with E-state index >= 15 is 0 Å². The number of carbonyl (C=O) groups excluding carboxylic acids is 2. The average Bonchev–Trinajstić information content (AvgIpc) is 3.17. The van der Waals surface area contributed by atoms with E-state index in [9.17, 15) is 14.0 Å². The van der Waals surface area contributed by atoms with Gasteiger partial charge in [-0.25, -0.2) is 14.2 Å². The van der Waals surface area contributed by atoms with E-state index in [1.54, 1.807) is 29.2 Å². The summed E-state index contributed by atoms with van der Waals surface area (Å²) in [5, 5.41) is 5.41. The molecule has 3 aromatic rings. The van der Waals surface area contributed by atoms with Crippen LogP contribution in [0.15, 0.2) is 71.7 Å². The third-order valence-corrected chi connectivity index (χ3v) is 5.68. The van der Waals surface area contributed by atoms with Crippen molar-refractivity contribution in [1.82, 2.24) is 5.32 Å². The summed E-state index contributed by atoms with van der Waals surface area (Å²) in [4.78, 5) is 32.3. The molecule has 0 saturated carbocycles. The van der Waals surface area contributed by atoms with Crippen molar-refractivity contribution in [3.8, 4) is 0 Å². The number of carbonyl (C=O) groups is 2. The molecule has 1 unspecified atom stereocenters. The minimum atomic E-state index is -1.19. The number of urea groups is 1. The smallest absolute Gasteiger partial charge is 0.308 e. The van der Waals surface area contributed by atoms with E-state index in [1.165, 1.54) is 6.07 Å². The van der Waals surface area contributed by atoms with Crippen molar-refractivity contribution < 1.29 is 14.0 Å². The Morgan fingerprint density at radius 2 is 1.84 bits per heavy atom. The molecule has 2 N–H and O–H groups in total. The van der Waals surface area contributed by atoms with Gasteiger partial charge in [0.25, 0.3) is 5.91 Å². The summed E-state index contributed by atoms with van der Waals surface area (Å²) in [6, 6.07) is 18.8. The van der Waals surface area contributed by atoms with E-state index in [0.29, 0.717) is 29.9 Å². The minimum absolute atomic E-state index is 0.286. The van der Waals surface area contributed by atoms with E-state index in [1.807, 2.05) is 43.3 Å². The van der Waals surface area contributed by atoms with Crippen LogP contribution in [-0.4, -0.2) is 30.4 Å². The fourth-order valence-electron chi connectivity index (χ4n) is 4.24. The van der Waals surface area contributed by atoms with Crippen molar-refractivity contribution in [3.05, 3.63) is 94.8 Å². The molecule has 5 rings (SSSR count). The first-order valence-corrected chi connectivity index (χ1v) is 10.4. The van der Waals surface area contributed by atoms with Crippen molar-refractivity contribution in [2.24, 2.45) is 4.99 Å². The normalized spacial score (nSPS) is 16.8. The number of para-hydroxylation sites is 1. The van der Waals surface area contributed by atoms with Gasteiger partial charge < -0.3 is 15.5 Å². The van der Waals surface area contributed by atoms with Crippen LogP contribution in [0.1, 0.15) is 22.3 Å². The topological polar surface area (TPSA) is 73.8 Å². The second kappa shape index (κ2) is 7.92. The number of hydrogen-bond acceptors (Lipinski definition) is 3. The van der Waals surface area contributed by atoms with Crippen molar-refractivity contribution in [1.29, 1.82) is 0 Å². The highest BCUT2D eigenvalue weighted by Crippen LogP contribution is 2.36. The zero-order valence-corrected chi connectivity index (χ0v) is 17.4. The van der Waals surface area contributed by atoms with Crippen LogP contribution in [-0.2, 0) is 11.2 Å². The first-order valence-electron chi connectivity index (χ1n) is 10.4. The molecular weight excluding hydrogens is 407 g/mol. The highest BCUT2D eigenvalue weighted by atomic mass is 19.1. The van der Waals surface area contributed by atoms with Crippen LogP contribution in [0, 0.1) is 12.7 Å². The molecule has 0 radical (unpaired) electrons. The maximum atomic E-state index is 14.7. The molecule has 3 amide bonds. The molecule has 0 aliphatic carbocycles. The molecule has 2 aliphatic heterocycles. The van der Waals surface area contributed by atoms with Gasteiger partial charge in [0.1, 0.15) is 5.82 Å². The number of aliphatic imine (C=N–C) groups is 1. The summed E-state index contributed by atoms with van der Waals surface area (Å²) in [7, 11) is 0. The third-order valence-electron chi connectivity index (χ3n) is 5.68. The number of benzene rings is 3. The number of anilines is 2. The Bertz CT molecular complexity index is 1270. The molecule has 0 spiro atoms. The van der Waals surface area contributed by atoms with E-state index < -0.39 is 18.0 Å². The summed E-state index contributed by atoms with van der Waals surface area (Å²) >= 11 is 0. The number of amides is 3. The Balaban J connectivity index is 1.55. The Hall–Kier alpha value is -4.00. The minimum Gasteiger partial charge on any atom is -0.308 e. The standard InChI is InChI=1S/C25H21FN4O2/c1-15-6-4-8-17(14-15)27-25(32)29-23-24(31)30-13-12-16-7-5-10-19(22(16)30)21(28-23)18-9-2-3-11-20(18)26/h2-11,14,23H,12-13H2,1H3,(H2,27,29,32). The van der Waals surface area contributed by atoms with Gasteiger partial charge in [0, 0.05) is 23.4 Å². The van der Waals surface area contributed by atoms with E-state index in [4.69, 9.17) is 0 Å². The molecule has 6 nitrogen and oxygen atoms in total. The average molecular weight is 428 g/mol. The molecule has 2 heterocycles. The van der Waals surface area contributed by atoms with Crippen LogP contribution in [0.4, 0.5) is 20.6 Å². The van der Waals surface area contributed by atoms with Crippen molar-refractivity contribution >= 4 is 29.0 Å². The van der Waals surface area contributed by atoms with Crippen molar-refractivity contribution in [2.45, 2.75) is 19.5 Å². The maximum Gasteiger partial charge on any atom is 0.321 e. The lowest BCUT2D eigenvalue weighted by Crippen LogP contribution is -2.48. The fourth-order valence-corrected chi connectivity index (χ4v) is 4.24. The zero-order valence-electron chi connectivity index (χ0n) is 17.4. The monoisotopic (exact) mass is 428 g/mol. The molecule has 0 bridgehead atoms. The molecular formula is C25H21FN4O2. The molecule has 7 heteroatoms. The number of hydrogen-bond donors (Lipinski definition) is 2. The first-order chi connectivity index (χ1) is 15.5. The molecule has 0 saturated heterocycles. The van der Waals surface area contributed by atoms with Gasteiger partial charge in [-0.3, -0.25) is 4.79 Å². The fraction of sp³-hybridized carbons (Fsp3) is 0.160. The number of aryl methyl sites for hydroxylation is 1. The van der Waals surface area contributed by atoms with E-state index in [-0.39, 0.29) is 11.5 Å². The van der Waals surface area contributed by atoms with Crippen LogP contribution in [0.5, 0.6) is 0 Å². The lowest BCUT2D eigenvalue weighted by Gasteiger charge is -2.21. The SMILES string of the molecule is Cc1cccc(NC(=O)NC2N=C(c3ccccc3F)c3cccc4c3N(CC4)C2=O)c1. The molecule has 32 heavy (non-hydrogen) atoms. The number of rotatable bonds is 3. The molecule has 160 valence electrons. The van der Waals surface area contributed by atoms with Crippen LogP contribution in [0.2, 0.25) is 0 Å². The van der Waals surface area contributed by atoms with Crippen LogP contribution in [0.25, 0.3) is 0 Å². The Morgan fingerprint density at radius 3 is 2.66 bits per heavy atom. The van der Waals surface area contributed by atoms with Gasteiger partial charge >= 0.3 is 6.03 Å².